The molecule has 43 heavy (non-hydrogen) atoms. The van der Waals surface area contributed by atoms with Crippen LogP contribution < -0.4 is 0 Å². The number of Topliss-reactive ketones (excluding diaryl/α,β-unsaturated/α-hetero) is 1. The number of carbonyl (C=O) groups excluding carboxylic acids is 5. The summed E-state index contributed by atoms with van der Waals surface area (Å²) in [6, 6.07) is 3.67. The number of carbonyl (C=O) groups is 5. The van der Waals surface area contributed by atoms with E-state index < -0.39 is 87.8 Å². The molecule has 2 saturated carbocycles. The maximum Gasteiger partial charge on any atom is 0.338 e. The molecule has 3 N–H and O–H groups in total. The SMILES string of the molecule is CC=O.COC(=O)/C=C\[C@]1(C)C2[C@@H](O)[C@@H](OC(C)=O)C3COC(=O)C4O[C@]43[C@]2(C)[C@]2(O)O[C@@H](C)C(=O)[C@@]21O.c1ccoc1. The Balaban J connectivity index is 0.000000465. The molecule has 1 aromatic heterocycles. The zero-order valence-corrected chi connectivity index (χ0v) is 24.5. The lowest BCUT2D eigenvalue weighted by molar-refractivity contribution is -0.332. The van der Waals surface area contributed by atoms with Gasteiger partial charge < -0.3 is 48.2 Å². The van der Waals surface area contributed by atoms with Crippen LogP contribution in [0, 0.1) is 22.7 Å². The summed E-state index contributed by atoms with van der Waals surface area (Å²) in [5.41, 5.74) is -7.99. The average Bonchev–Trinajstić information content (AvgIpc) is 3.31. The highest BCUT2D eigenvalue weighted by Gasteiger charge is 2.97. The van der Waals surface area contributed by atoms with Crippen LogP contribution in [0.3, 0.4) is 0 Å². The Morgan fingerprint density at radius 1 is 1.12 bits per heavy atom. The van der Waals surface area contributed by atoms with Crippen LogP contribution in [0.25, 0.3) is 0 Å². The van der Waals surface area contributed by atoms with Crippen molar-refractivity contribution in [2.75, 3.05) is 13.7 Å². The number of ketones is 1. The molecule has 14 heteroatoms. The third-order valence-electron chi connectivity index (χ3n) is 9.51. The average molecular weight is 609 g/mol. The number of aliphatic hydroxyl groups excluding tert-OH is 1. The number of ether oxygens (including phenoxy) is 5. The van der Waals surface area contributed by atoms with Crippen molar-refractivity contribution in [2.24, 2.45) is 22.7 Å². The number of epoxide rings is 1. The maximum atomic E-state index is 13.5. The van der Waals surface area contributed by atoms with Gasteiger partial charge in [-0.25, -0.2) is 9.59 Å². The zero-order chi connectivity index (χ0) is 32.2. The Kier molecular flexibility index (Phi) is 8.26. The zero-order valence-electron chi connectivity index (χ0n) is 24.5. The second kappa shape index (κ2) is 10.9. The van der Waals surface area contributed by atoms with Gasteiger partial charge in [-0.15, -0.1) is 0 Å². The number of methoxy groups -OCH3 is 1. The molecule has 4 heterocycles. The van der Waals surface area contributed by atoms with Gasteiger partial charge in [0.05, 0.1) is 37.1 Å². The van der Waals surface area contributed by atoms with Gasteiger partial charge >= 0.3 is 17.9 Å². The van der Waals surface area contributed by atoms with Gasteiger partial charge in [0.25, 0.3) is 0 Å². The van der Waals surface area contributed by atoms with Crippen LogP contribution in [0.4, 0.5) is 0 Å². The van der Waals surface area contributed by atoms with Gasteiger partial charge in [0.15, 0.2) is 17.5 Å². The number of furan rings is 1. The van der Waals surface area contributed by atoms with Crippen molar-refractivity contribution in [1.82, 2.24) is 0 Å². The van der Waals surface area contributed by atoms with Crippen LogP contribution in [0.15, 0.2) is 41.2 Å². The number of fused-ring (bicyclic) bond motifs is 3. The number of rotatable bonds is 3. The molecule has 11 atom stereocenters. The molecule has 0 aromatic carbocycles. The van der Waals surface area contributed by atoms with Crippen molar-refractivity contribution in [3.63, 3.8) is 0 Å². The Morgan fingerprint density at radius 3 is 2.23 bits per heavy atom. The van der Waals surface area contributed by atoms with Gasteiger partial charge in [0, 0.05) is 24.3 Å². The molecule has 14 nitrogen and oxygen atoms in total. The Labute approximate surface area is 246 Å². The Bertz CT molecular complexity index is 1290. The fraction of sp³-hybridized carbons (Fsp3) is 0.621. The molecule has 3 unspecified atom stereocenters. The summed E-state index contributed by atoms with van der Waals surface area (Å²) in [6.45, 7) is 6.48. The van der Waals surface area contributed by atoms with Crippen LogP contribution in [-0.2, 0) is 47.7 Å². The summed E-state index contributed by atoms with van der Waals surface area (Å²) in [5, 5.41) is 35.9. The van der Waals surface area contributed by atoms with Gasteiger partial charge in [-0.3, -0.25) is 9.59 Å². The van der Waals surface area contributed by atoms with E-state index in [1.807, 2.05) is 12.1 Å². The molecule has 3 saturated heterocycles. The van der Waals surface area contributed by atoms with E-state index in [4.69, 9.17) is 23.7 Å². The number of hydrogen-bond donors (Lipinski definition) is 3. The molecule has 0 radical (unpaired) electrons. The first-order chi connectivity index (χ1) is 20.1. The lowest BCUT2D eigenvalue weighted by atomic mass is 9.50. The molecule has 5 aliphatic rings. The van der Waals surface area contributed by atoms with E-state index in [0.717, 1.165) is 26.4 Å². The summed E-state index contributed by atoms with van der Waals surface area (Å²) < 4.78 is 31.6. The van der Waals surface area contributed by atoms with E-state index in [1.54, 1.807) is 12.5 Å². The highest BCUT2D eigenvalue weighted by molar-refractivity contribution is 5.97. The topological polar surface area (TPSA) is 209 Å². The summed E-state index contributed by atoms with van der Waals surface area (Å²) in [4.78, 5) is 58.9. The minimum absolute atomic E-state index is 0.306. The molecular formula is C29H36O14. The van der Waals surface area contributed by atoms with E-state index in [9.17, 15) is 34.5 Å². The van der Waals surface area contributed by atoms with Crippen molar-refractivity contribution < 1.29 is 67.4 Å². The van der Waals surface area contributed by atoms with Crippen molar-refractivity contribution in [3.05, 3.63) is 36.8 Å². The molecule has 2 aliphatic carbocycles. The normalized spacial score (nSPS) is 45.0. The number of hydrogen-bond acceptors (Lipinski definition) is 14. The van der Waals surface area contributed by atoms with Gasteiger partial charge in [0.2, 0.25) is 5.79 Å². The van der Waals surface area contributed by atoms with E-state index in [1.165, 1.54) is 33.8 Å². The van der Waals surface area contributed by atoms with Crippen molar-refractivity contribution >= 4 is 30.0 Å². The fourth-order valence-electron chi connectivity index (χ4n) is 7.91. The van der Waals surface area contributed by atoms with E-state index in [-0.39, 0.29) is 6.61 Å². The van der Waals surface area contributed by atoms with E-state index in [2.05, 4.69) is 9.15 Å². The first kappa shape index (κ1) is 32.5. The molecule has 0 amide bonds. The highest BCUT2D eigenvalue weighted by Crippen LogP contribution is 2.80. The second-order valence-electron chi connectivity index (χ2n) is 11.4. The second-order valence-corrected chi connectivity index (χ2v) is 11.4. The highest BCUT2D eigenvalue weighted by atomic mass is 16.7. The largest absolute Gasteiger partial charge is 0.473 e. The molecule has 1 aromatic rings. The fourth-order valence-corrected chi connectivity index (χ4v) is 7.91. The molecular weight excluding hydrogens is 572 g/mol. The van der Waals surface area contributed by atoms with Crippen LogP contribution in [0.5, 0.6) is 0 Å². The van der Waals surface area contributed by atoms with Crippen LogP contribution in [0.2, 0.25) is 0 Å². The minimum Gasteiger partial charge on any atom is -0.473 e. The number of aliphatic hydroxyl groups is 3. The smallest absolute Gasteiger partial charge is 0.338 e. The van der Waals surface area contributed by atoms with Gasteiger partial charge in [-0.05, 0) is 26.0 Å². The van der Waals surface area contributed by atoms with Crippen LogP contribution in [0.1, 0.15) is 34.6 Å². The molecule has 0 bridgehead atoms. The van der Waals surface area contributed by atoms with Crippen molar-refractivity contribution in [1.29, 1.82) is 0 Å². The first-order valence-corrected chi connectivity index (χ1v) is 13.6. The summed E-state index contributed by atoms with van der Waals surface area (Å²) >= 11 is 0. The van der Waals surface area contributed by atoms with Crippen molar-refractivity contribution in [2.45, 2.75) is 76.0 Å². The Hall–Kier alpha value is -3.43. The first-order valence-electron chi connectivity index (χ1n) is 13.6. The van der Waals surface area contributed by atoms with Crippen LogP contribution in [-0.4, -0.2) is 100 Å². The lowest BCUT2D eigenvalue weighted by Gasteiger charge is -2.57. The summed E-state index contributed by atoms with van der Waals surface area (Å²) in [5.74, 6) is -8.08. The van der Waals surface area contributed by atoms with Crippen LogP contribution >= 0.6 is 0 Å². The number of aldehydes is 1. The number of cyclic esters (lactones) is 1. The van der Waals surface area contributed by atoms with E-state index in [0.29, 0.717) is 0 Å². The summed E-state index contributed by atoms with van der Waals surface area (Å²) in [7, 11) is 1.14. The third kappa shape index (κ3) is 4.07. The van der Waals surface area contributed by atoms with Gasteiger partial charge in [0.1, 0.15) is 30.7 Å². The summed E-state index contributed by atoms with van der Waals surface area (Å²) in [6.07, 6.45) is 0.779. The van der Waals surface area contributed by atoms with Crippen molar-refractivity contribution in [3.8, 4) is 0 Å². The van der Waals surface area contributed by atoms with E-state index >= 15 is 0 Å². The predicted octanol–water partition coefficient (Wildman–Crippen LogP) is -0.133. The predicted molar refractivity (Wildman–Crippen MR) is 140 cm³/mol. The molecule has 5 fully saturated rings. The molecule has 6 rings (SSSR count). The lowest BCUT2D eigenvalue weighted by Crippen LogP contribution is -2.72. The monoisotopic (exact) mass is 608 g/mol. The molecule has 236 valence electrons. The van der Waals surface area contributed by atoms with Gasteiger partial charge in [-0.2, -0.15) is 0 Å². The quantitative estimate of drug-likeness (QED) is 0.134. The number of esters is 3. The Morgan fingerprint density at radius 2 is 1.72 bits per heavy atom. The molecule has 1 spiro atoms. The maximum absolute atomic E-state index is 13.5. The third-order valence-corrected chi connectivity index (χ3v) is 9.51. The standard InChI is InChI=1S/C23H28O12.C4H4O.C2H4O/c1-9-16(27)22(29)19(3,7-6-12(25)31-5)15-13(26)14(33-10(2)24)11-8-32-18(28)17-21(11,35-17)20(15,4)23(22,30)34-9;1-2-4-5-3-1;1-2-3/h6-7,9,11,13-15,17,26,29-30H,8H2,1-5H3;1-4H;2H,1H3/b7-6-;;/t9-,11?,13-,14-,15?,17?,19+,20+,21-,22-,23-;;/m0../s1. The van der Waals surface area contributed by atoms with Gasteiger partial charge in [-0.1, -0.05) is 19.9 Å². The minimum atomic E-state index is -2.69. The molecule has 3 aliphatic heterocycles.